The molecule has 0 amide bonds. The lowest BCUT2D eigenvalue weighted by Gasteiger charge is -2.38. The Bertz CT molecular complexity index is 105. The minimum atomic E-state index is 0.550. The Balaban J connectivity index is 4.32. The third-order valence-electron chi connectivity index (χ3n) is 3.82. The molecule has 0 aromatic rings. The van der Waals surface area contributed by atoms with E-state index < -0.39 is 0 Å². The zero-order chi connectivity index (χ0) is 9.07. The SMILES string of the molecule is CCC(C)C(C)(CC)C(C)C. The average Bonchev–Trinajstić information content (AvgIpc) is 2.01. The van der Waals surface area contributed by atoms with Crippen LogP contribution in [0.5, 0.6) is 0 Å². The molecule has 0 saturated heterocycles. The van der Waals surface area contributed by atoms with Crippen LogP contribution in [0.25, 0.3) is 0 Å². The quantitative estimate of drug-likeness (QED) is 0.574. The Labute approximate surface area is 72.4 Å². The van der Waals surface area contributed by atoms with Gasteiger partial charge in [-0.15, -0.1) is 0 Å². The molecule has 68 valence electrons. The van der Waals surface area contributed by atoms with Gasteiger partial charge in [0.15, 0.2) is 0 Å². The zero-order valence-corrected chi connectivity index (χ0v) is 9.07. The van der Waals surface area contributed by atoms with E-state index in [1.165, 1.54) is 12.8 Å². The van der Waals surface area contributed by atoms with Gasteiger partial charge in [0.2, 0.25) is 0 Å². The van der Waals surface area contributed by atoms with Crippen LogP contribution in [-0.4, -0.2) is 0 Å². The summed E-state index contributed by atoms with van der Waals surface area (Å²) in [5.74, 6) is 1.66. The van der Waals surface area contributed by atoms with E-state index in [9.17, 15) is 0 Å². The molecular weight excluding hydrogens is 132 g/mol. The highest BCUT2D eigenvalue weighted by molar-refractivity contribution is 4.80. The summed E-state index contributed by atoms with van der Waals surface area (Å²) >= 11 is 0. The van der Waals surface area contributed by atoms with Gasteiger partial charge >= 0.3 is 0 Å². The molecule has 0 saturated carbocycles. The van der Waals surface area contributed by atoms with E-state index in [0.29, 0.717) is 5.41 Å². The summed E-state index contributed by atoms with van der Waals surface area (Å²) in [5.41, 5.74) is 0.550. The Morgan fingerprint density at radius 1 is 1.09 bits per heavy atom. The topological polar surface area (TPSA) is 0 Å². The number of hydrogen-bond donors (Lipinski definition) is 0. The Hall–Kier alpha value is 0. The summed E-state index contributed by atoms with van der Waals surface area (Å²) in [6, 6.07) is 0. The predicted molar refractivity (Wildman–Crippen MR) is 52.7 cm³/mol. The van der Waals surface area contributed by atoms with Crippen LogP contribution in [0.3, 0.4) is 0 Å². The van der Waals surface area contributed by atoms with E-state index in [0.717, 1.165) is 11.8 Å². The van der Waals surface area contributed by atoms with Crippen LogP contribution in [0.15, 0.2) is 0 Å². The predicted octanol–water partition coefficient (Wildman–Crippen LogP) is 4.10. The summed E-state index contributed by atoms with van der Waals surface area (Å²) in [4.78, 5) is 0. The van der Waals surface area contributed by atoms with Crippen molar-refractivity contribution < 1.29 is 0 Å². The first kappa shape index (κ1) is 11.0. The van der Waals surface area contributed by atoms with Gasteiger partial charge in [0.05, 0.1) is 0 Å². The van der Waals surface area contributed by atoms with Gasteiger partial charge in [-0.25, -0.2) is 0 Å². The molecule has 2 unspecified atom stereocenters. The van der Waals surface area contributed by atoms with E-state index in [1.807, 2.05) is 0 Å². The van der Waals surface area contributed by atoms with E-state index in [-0.39, 0.29) is 0 Å². The van der Waals surface area contributed by atoms with E-state index >= 15 is 0 Å². The molecular formula is C11H24. The lowest BCUT2D eigenvalue weighted by molar-refractivity contribution is 0.115. The molecule has 0 aromatic heterocycles. The van der Waals surface area contributed by atoms with Gasteiger partial charge in [-0.1, -0.05) is 54.4 Å². The fourth-order valence-electron chi connectivity index (χ4n) is 1.79. The molecule has 0 nitrogen and oxygen atoms in total. The fraction of sp³-hybridized carbons (Fsp3) is 1.00. The Morgan fingerprint density at radius 3 is 1.64 bits per heavy atom. The van der Waals surface area contributed by atoms with Crippen molar-refractivity contribution in [3.05, 3.63) is 0 Å². The van der Waals surface area contributed by atoms with Gasteiger partial charge in [-0.3, -0.25) is 0 Å². The lowest BCUT2D eigenvalue weighted by Crippen LogP contribution is -2.30. The first-order valence-corrected chi connectivity index (χ1v) is 4.99. The minimum absolute atomic E-state index is 0.550. The largest absolute Gasteiger partial charge is 0.0651 e. The van der Waals surface area contributed by atoms with Crippen molar-refractivity contribution in [2.75, 3.05) is 0 Å². The molecule has 0 N–H and O–H groups in total. The third kappa shape index (κ3) is 2.21. The van der Waals surface area contributed by atoms with E-state index in [4.69, 9.17) is 0 Å². The van der Waals surface area contributed by atoms with Crippen LogP contribution >= 0.6 is 0 Å². The Morgan fingerprint density at radius 2 is 1.55 bits per heavy atom. The molecule has 0 rings (SSSR count). The van der Waals surface area contributed by atoms with Crippen LogP contribution in [0, 0.1) is 17.3 Å². The van der Waals surface area contributed by atoms with Gasteiger partial charge in [0, 0.05) is 0 Å². The molecule has 0 heterocycles. The van der Waals surface area contributed by atoms with Crippen molar-refractivity contribution >= 4 is 0 Å². The zero-order valence-electron chi connectivity index (χ0n) is 9.07. The summed E-state index contributed by atoms with van der Waals surface area (Å²) in [6.45, 7) is 14.1. The normalized spacial score (nSPS) is 19.9. The van der Waals surface area contributed by atoms with Gasteiger partial charge in [-0.2, -0.15) is 0 Å². The monoisotopic (exact) mass is 156 g/mol. The van der Waals surface area contributed by atoms with Gasteiger partial charge in [0.25, 0.3) is 0 Å². The minimum Gasteiger partial charge on any atom is -0.0651 e. The number of hydrogen-bond acceptors (Lipinski definition) is 0. The second-order valence-electron chi connectivity index (χ2n) is 4.32. The first-order chi connectivity index (χ1) is 4.99. The van der Waals surface area contributed by atoms with Crippen molar-refractivity contribution in [3.8, 4) is 0 Å². The summed E-state index contributed by atoms with van der Waals surface area (Å²) in [5, 5.41) is 0. The third-order valence-corrected chi connectivity index (χ3v) is 3.82. The van der Waals surface area contributed by atoms with Crippen LogP contribution in [0.2, 0.25) is 0 Å². The maximum Gasteiger partial charge on any atom is -0.0280 e. The second kappa shape index (κ2) is 4.13. The van der Waals surface area contributed by atoms with Crippen molar-refractivity contribution in [3.63, 3.8) is 0 Å². The molecule has 11 heavy (non-hydrogen) atoms. The maximum atomic E-state index is 2.42. The number of rotatable bonds is 4. The summed E-state index contributed by atoms with van der Waals surface area (Å²) in [7, 11) is 0. The lowest BCUT2D eigenvalue weighted by atomic mass is 9.67. The van der Waals surface area contributed by atoms with Crippen LogP contribution < -0.4 is 0 Å². The van der Waals surface area contributed by atoms with Crippen LogP contribution in [0.4, 0.5) is 0 Å². The van der Waals surface area contributed by atoms with E-state index in [1.54, 1.807) is 0 Å². The van der Waals surface area contributed by atoms with Crippen molar-refractivity contribution in [1.29, 1.82) is 0 Å². The molecule has 0 spiro atoms. The highest BCUT2D eigenvalue weighted by Crippen LogP contribution is 2.39. The molecule has 0 heteroatoms. The average molecular weight is 156 g/mol. The second-order valence-corrected chi connectivity index (χ2v) is 4.32. The summed E-state index contributed by atoms with van der Waals surface area (Å²) in [6.07, 6.45) is 2.61. The molecule has 0 fully saturated rings. The molecule has 0 aliphatic carbocycles. The Kier molecular flexibility index (Phi) is 4.13. The molecule has 0 aliphatic rings. The molecule has 0 aromatic carbocycles. The molecule has 0 radical (unpaired) electrons. The van der Waals surface area contributed by atoms with Crippen molar-refractivity contribution in [2.45, 2.75) is 54.4 Å². The van der Waals surface area contributed by atoms with Crippen LogP contribution in [0.1, 0.15) is 54.4 Å². The summed E-state index contributed by atoms with van der Waals surface area (Å²) < 4.78 is 0. The first-order valence-electron chi connectivity index (χ1n) is 4.99. The highest BCUT2D eigenvalue weighted by atomic mass is 14.4. The molecule has 0 aliphatic heterocycles. The van der Waals surface area contributed by atoms with Gasteiger partial charge in [-0.05, 0) is 17.3 Å². The molecule has 0 bridgehead atoms. The van der Waals surface area contributed by atoms with Crippen LogP contribution in [-0.2, 0) is 0 Å². The molecule has 2 atom stereocenters. The van der Waals surface area contributed by atoms with Gasteiger partial charge < -0.3 is 0 Å². The van der Waals surface area contributed by atoms with Crippen molar-refractivity contribution in [1.82, 2.24) is 0 Å². The maximum absolute atomic E-state index is 2.42. The fourth-order valence-corrected chi connectivity index (χ4v) is 1.79. The smallest absolute Gasteiger partial charge is 0.0280 e. The highest BCUT2D eigenvalue weighted by Gasteiger charge is 2.30. The van der Waals surface area contributed by atoms with Gasteiger partial charge in [0.1, 0.15) is 0 Å². The van der Waals surface area contributed by atoms with E-state index in [2.05, 4.69) is 41.5 Å². The standard InChI is InChI=1S/C11H24/c1-7-10(5)11(6,8-2)9(3)4/h9-10H,7-8H2,1-6H3. The van der Waals surface area contributed by atoms with Crippen molar-refractivity contribution in [2.24, 2.45) is 17.3 Å².